The SMILES string of the molecule is O=C(O)c1ccc(C(=O)NC2COC3(CCC3)C2)nc1. The lowest BCUT2D eigenvalue weighted by Gasteiger charge is -2.37. The molecule has 1 saturated carbocycles. The quantitative estimate of drug-likeness (QED) is 0.866. The Morgan fingerprint density at radius 1 is 1.40 bits per heavy atom. The van der Waals surface area contributed by atoms with Crippen LogP contribution in [0.2, 0.25) is 0 Å². The Labute approximate surface area is 116 Å². The Kier molecular flexibility index (Phi) is 3.17. The third-order valence-electron chi connectivity index (χ3n) is 4.05. The summed E-state index contributed by atoms with van der Waals surface area (Å²) >= 11 is 0. The molecule has 6 nitrogen and oxygen atoms in total. The Hall–Kier alpha value is -1.95. The number of nitrogens with zero attached hydrogens (tertiary/aromatic N) is 1. The van der Waals surface area contributed by atoms with Gasteiger partial charge in [-0.3, -0.25) is 9.78 Å². The molecule has 2 fully saturated rings. The average Bonchev–Trinajstić information content (AvgIpc) is 2.83. The number of rotatable bonds is 3. The molecule has 20 heavy (non-hydrogen) atoms. The van der Waals surface area contributed by atoms with Crippen LogP contribution in [0.4, 0.5) is 0 Å². The van der Waals surface area contributed by atoms with E-state index in [1.54, 1.807) is 0 Å². The van der Waals surface area contributed by atoms with Crippen molar-refractivity contribution in [3.05, 3.63) is 29.6 Å². The van der Waals surface area contributed by atoms with E-state index in [-0.39, 0.29) is 28.8 Å². The minimum Gasteiger partial charge on any atom is -0.478 e. The minimum atomic E-state index is -1.06. The first-order valence-electron chi connectivity index (χ1n) is 6.72. The van der Waals surface area contributed by atoms with Crippen molar-refractivity contribution in [3.8, 4) is 0 Å². The number of aromatic carboxylic acids is 1. The number of carbonyl (C=O) groups excluding carboxylic acids is 1. The van der Waals surface area contributed by atoms with Crippen molar-refractivity contribution >= 4 is 11.9 Å². The normalized spacial score (nSPS) is 23.3. The topological polar surface area (TPSA) is 88.5 Å². The van der Waals surface area contributed by atoms with E-state index >= 15 is 0 Å². The van der Waals surface area contributed by atoms with Crippen LogP contribution in [0.25, 0.3) is 0 Å². The molecule has 1 spiro atoms. The summed E-state index contributed by atoms with van der Waals surface area (Å²) in [6.07, 6.45) is 5.39. The first kappa shape index (κ1) is 13.1. The Morgan fingerprint density at radius 3 is 2.70 bits per heavy atom. The minimum absolute atomic E-state index is 0.00145. The van der Waals surface area contributed by atoms with Crippen LogP contribution < -0.4 is 5.32 Å². The van der Waals surface area contributed by atoms with Crippen molar-refractivity contribution in [2.45, 2.75) is 37.3 Å². The highest BCUT2D eigenvalue weighted by Gasteiger charge is 2.45. The van der Waals surface area contributed by atoms with Gasteiger partial charge in [0.2, 0.25) is 0 Å². The standard InChI is InChI=1S/C14H16N2O4/c17-12(11-3-2-9(7-15-11)13(18)19)16-10-6-14(20-8-10)4-1-5-14/h2-3,7,10H,1,4-6,8H2,(H,16,17)(H,18,19). The van der Waals surface area contributed by atoms with Gasteiger partial charge in [-0.2, -0.15) is 0 Å². The molecule has 0 bridgehead atoms. The molecule has 2 aliphatic rings. The average molecular weight is 276 g/mol. The van der Waals surface area contributed by atoms with Gasteiger partial charge in [0.1, 0.15) is 5.69 Å². The summed E-state index contributed by atoms with van der Waals surface area (Å²) in [7, 11) is 0. The number of hydrogen-bond acceptors (Lipinski definition) is 4. The molecule has 1 aliphatic carbocycles. The van der Waals surface area contributed by atoms with Crippen molar-refractivity contribution in [1.29, 1.82) is 0 Å². The fourth-order valence-corrected chi connectivity index (χ4v) is 2.77. The van der Waals surface area contributed by atoms with E-state index < -0.39 is 5.97 Å². The lowest BCUT2D eigenvalue weighted by molar-refractivity contribution is -0.0563. The van der Waals surface area contributed by atoms with Crippen LogP contribution in [0.1, 0.15) is 46.5 Å². The summed E-state index contributed by atoms with van der Waals surface area (Å²) in [6, 6.07) is 2.82. The van der Waals surface area contributed by atoms with Crippen molar-refractivity contribution in [2.75, 3.05) is 6.61 Å². The van der Waals surface area contributed by atoms with Gasteiger partial charge in [-0.25, -0.2) is 4.79 Å². The van der Waals surface area contributed by atoms with E-state index in [0.717, 1.165) is 19.3 Å². The van der Waals surface area contributed by atoms with Crippen LogP contribution >= 0.6 is 0 Å². The number of pyridine rings is 1. The highest BCUT2D eigenvalue weighted by Crippen LogP contribution is 2.43. The fourth-order valence-electron chi connectivity index (χ4n) is 2.77. The second-order valence-electron chi connectivity index (χ2n) is 5.46. The van der Waals surface area contributed by atoms with E-state index in [1.165, 1.54) is 24.8 Å². The van der Waals surface area contributed by atoms with Crippen molar-refractivity contribution in [3.63, 3.8) is 0 Å². The van der Waals surface area contributed by atoms with Crippen LogP contribution in [0.15, 0.2) is 18.3 Å². The van der Waals surface area contributed by atoms with E-state index in [2.05, 4.69) is 10.3 Å². The van der Waals surface area contributed by atoms with Gasteiger partial charge in [0.25, 0.3) is 5.91 Å². The van der Waals surface area contributed by atoms with Gasteiger partial charge in [0.05, 0.1) is 23.8 Å². The number of carboxylic acid groups (broad SMARTS) is 1. The zero-order valence-electron chi connectivity index (χ0n) is 11.0. The zero-order valence-corrected chi connectivity index (χ0v) is 11.0. The number of amides is 1. The number of carbonyl (C=O) groups is 2. The highest BCUT2D eigenvalue weighted by molar-refractivity contribution is 5.93. The summed E-state index contributed by atoms with van der Waals surface area (Å²) in [6.45, 7) is 0.541. The third kappa shape index (κ3) is 2.38. The van der Waals surface area contributed by atoms with Gasteiger partial charge in [0, 0.05) is 6.20 Å². The van der Waals surface area contributed by atoms with Crippen molar-refractivity contribution in [1.82, 2.24) is 10.3 Å². The Morgan fingerprint density at radius 2 is 2.20 bits per heavy atom. The summed E-state index contributed by atoms with van der Waals surface area (Å²) < 4.78 is 5.76. The molecule has 0 aromatic carbocycles. The monoisotopic (exact) mass is 276 g/mol. The van der Waals surface area contributed by atoms with Gasteiger partial charge in [-0.15, -0.1) is 0 Å². The van der Waals surface area contributed by atoms with Crippen LogP contribution in [0.3, 0.4) is 0 Å². The van der Waals surface area contributed by atoms with E-state index in [1.807, 2.05) is 0 Å². The summed E-state index contributed by atoms with van der Waals surface area (Å²) in [4.78, 5) is 26.6. The molecule has 1 atom stereocenters. The number of nitrogens with one attached hydrogen (secondary N) is 1. The van der Waals surface area contributed by atoms with Crippen LogP contribution in [0, 0.1) is 0 Å². The maximum Gasteiger partial charge on any atom is 0.337 e. The first-order chi connectivity index (χ1) is 9.58. The third-order valence-corrected chi connectivity index (χ3v) is 4.05. The molecule has 1 aromatic rings. The predicted molar refractivity (Wildman–Crippen MR) is 69.6 cm³/mol. The fraction of sp³-hybridized carbons (Fsp3) is 0.500. The molecule has 1 saturated heterocycles. The van der Waals surface area contributed by atoms with Crippen LogP contribution in [-0.4, -0.2) is 40.2 Å². The summed E-state index contributed by atoms with van der Waals surface area (Å²) in [5.41, 5.74) is 0.294. The van der Waals surface area contributed by atoms with E-state index in [0.29, 0.717) is 6.61 Å². The number of ether oxygens (including phenoxy) is 1. The molecule has 2 N–H and O–H groups in total. The molecule has 1 aromatic heterocycles. The first-order valence-corrected chi connectivity index (χ1v) is 6.72. The van der Waals surface area contributed by atoms with Crippen molar-refractivity contribution in [2.24, 2.45) is 0 Å². The zero-order chi connectivity index (χ0) is 14.2. The lowest BCUT2D eigenvalue weighted by atomic mass is 9.77. The predicted octanol–water partition coefficient (Wildman–Crippen LogP) is 1.22. The van der Waals surface area contributed by atoms with Gasteiger partial charge in [0.15, 0.2) is 0 Å². The second kappa shape index (κ2) is 4.86. The molecule has 1 unspecified atom stereocenters. The second-order valence-corrected chi connectivity index (χ2v) is 5.46. The molecule has 6 heteroatoms. The van der Waals surface area contributed by atoms with Gasteiger partial charge in [-0.05, 0) is 37.8 Å². The van der Waals surface area contributed by atoms with E-state index in [9.17, 15) is 9.59 Å². The number of aromatic nitrogens is 1. The lowest BCUT2D eigenvalue weighted by Crippen LogP contribution is -2.39. The van der Waals surface area contributed by atoms with Crippen LogP contribution in [0.5, 0.6) is 0 Å². The van der Waals surface area contributed by atoms with Crippen molar-refractivity contribution < 1.29 is 19.4 Å². The summed E-state index contributed by atoms with van der Waals surface area (Å²) in [5, 5.41) is 11.7. The Balaban J connectivity index is 1.60. The van der Waals surface area contributed by atoms with Crippen LogP contribution in [-0.2, 0) is 4.74 Å². The molecule has 3 rings (SSSR count). The van der Waals surface area contributed by atoms with E-state index in [4.69, 9.17) is 9.84 Å². The largest absolute Gasteiger partial charge is 0.478 e. The van der Waals surface area contributed by atoms with Gasteiger partial charge >= 0.3 is 5.97 Å². The molecular formula is C14H16N2O4. The highest BCUT2D eigenvalue weighted by atomic mass is 16.5. The molecule has 0 radical (unpaired) electrons. The Bertz CT molecular complexity index is 537. The number of carboxylic acids is 1. The summed E-state index contributed by atoms with van der Waals surface area (Å²) in [5.74, 6) is -1.34. The molecular weight excluding hydrogens is 260 g/mol. The molecule has 1 amide bonds. The molecule has 2 heterocycles. The smallest absolute Gasteiger partial charge is 0.337 e. The maximum absolute atomic E-state index is 12.0. The molecule has 106 valence electrons. The van der Waals surface area contributed by atoms with Gasteiger partial charge < -0.3 is 15.2 Å². The number of hydrogen-bond donors (Lipinski definition) is 2. The van der Waals surface area contributed by atoms with Gasteiger partial charge in [-0.1, -0.05) is 0 Å². The molecule has 1 aliphatic heterocycles. The maximum atomic E-state index is 12.0.